The molecule has 0 radical (unpaired) electrons. The summed E-state index contributed by atoms with van der Waals surface area (Å²) in [7, 11) is 1.96. The fourth-order valence-electron chi connectivity index (χ4n) is 3.40. The van der Waals surface area contributed by atoms with Crippen molar-refractivity contribution in [2.24, 2.45) is 13.0 Å². The number of aryl methyl sites for hydroxylation is 1. The van der Waals surface area contributed by atoms with Crippen LogP contribution in [0.3, 0.4) is 0 Å². The maximum absolute atomic E-state index is 4.70. The lowest BCUT2D eigenvalue weighted by molar-refractivity contribution is 0.624. The van der Waals surface area contributed by atoms with E-state index in [1.54, 1.807) is 6.33 Å². The molecule has 1 aliphatic rings. The van der Waals surface area contributed by atoms with Gasteiger partial charge in [0.1, 0.15) is 12.1 Å². The van der Waals surface area contributed by atoms with E-state index < -0.39 is 0 Å². The third kappa shape index (κ3) is 2.36. The molecule has 5 nitrogen and oxygen atoms in total. The van der Waals surface area contributed by atoms with Crippen LogP contribution in [0.5, 0.6) is 0 Å². The molecule has 2 aromatic heterocycles. The number of aromatic nitrogens is 4. The smallest absolute Gasteiger partial charge is 0.163 e. The summed E-state index contributed by atoms with van der Waals surface area (Å²) < 4.78 is 1.88. The van der Waals surface area contributed by atoms with Crippen molar-refractivity contribution in [1.82, 2.24) is 19.7 Å². The summed E-state index contributed by atoms with van der Waals surface area (Å²) in [6.45, 7) is 6.24. The molecule has 0 spiro atoms. The van der Waals surface area contributed by atoms with Crippen molar-refractivity contribution in [3.63, 3.8) is 0 Å². The van der Waals surface area contributed by atoms with Crippen molar-refractivity contribution < 1.29 is 0 Å². The minimum Gasteiger partial charge on any atom is -0.347 e. The highest BCUT2D eigenvalue weighted by Gasteiger charge is 2.24. The molecule has 118 valence electrons. The van der Waals surface area contributed by atoms with Crippen LogP contribution in [0.25, 0.3) is 11.0 Å². The Morgan fingerprint density at radius 1 is 1.09 bits per heavy atom. The molecule has 23 heavy (non-hydrogen) atoms. The van der Waals surface area contributed by atoms with Crippen molar-refractivity contribution >= 4 is 16.9 Å². The van der Waals surface area contributed by atoms with Crippen LogP contribution >= 0.6 is 0 Å². The van der Waals surface area contributed by atoms with Crippen molar-refractivity contribution in [2.45, 2.75) is 33.4 Å². The molecule has 1 aliphatic heterocycles. The van der Waals surface area contributed by atoms with Gasteiger partial charge in [0.05, 0.1) is 11.1 Å². The Kier molecular flexibility index (Phi) is 3.29. The lowest BCUT2D eigenvalue weighted by atomic mass is 10.1. The molecule has 1 aromatic carbocycles. The van der Waals surface area contributed by atoms with E-state index in [0.717, 1.165) is 42.1 Å². The van der Waals surface area contributed by atoms with Gasteiger partial charge in [-0.3, -0.25) is 4.68 Å². The van der Waals surface area contributed by atoms with Gasteiger partial charge in [0.15, 0.2) is 5.65 Å². The van der Waals surface area contributed by atoms with Gasteiger partial charge in [-0.2, -0.15) is 5.10 Å². The van der Waals surface area contributed by atoms with Crippen molar-refractivity contribution in [3.8, 4) is 0 Å². The predicted molar refractivity (Wildman–Crippen MR) is 91.2 cm³/mol. The van der Waals surface area contributed by atoms with Gasteiger partial charge < -0.3 is 4.90 Å². The lowest BCUT2D eigenvalue weighted by Crippen LogP contribution is -2.17. The maximum Gasteiger partial charge on any atom is 0.163 e. The highest BCUT2D eigenvalue weighted by Crippen LogP contribution is 2.33. The quantitative estimate of drug-likeness (QED) is 0.746. The standard InChI is InChI=1S/C18H21N5/c1-12(2)8-15-16-17(22(3)21-15)19-11-20-18(16)23-9-13-6-4-5-7-14(13)10-23/h4-7,11-12H,8-10H2,1-3H3. The number of rotatable bonds is 3. The van der Waals surface area contributed by atoms with Gasteiger partial charge >= 0.3 is 0 Å². The van der Waals surface area contributed by atoms with Gasteiger partial charge in [0, 0.05) is 20.1 Å². The predicted octanol–water partition coefficient (Wildman–Crippen LogP) is 3.08. The second kappa shape index (κ2) is 5.33. The van der Waals surface area contributed by atoms with Gasteiger partial charge in [0.2, 0.25) is 0 Å². The third-order valence-electron chi connectivity index (χ3n) is 4.41. The summed E-state index contributed by atoms with van der Waals surface area (Å²) in [6, 6.07) is 8.61. The van der Waals surface area contributed by atoms with Gasteiger partial charge in [0.25, 0.3) is 0 Å². The van der Waals surface area contributed by atoms with E-state index in [4.69, 9.17) is 5.10 Å². The number of hydrogen-bond donors (Lipinski definition) is 0. The van der Waals surface area contributed by atoms with Crippen LogP contribution in [-0.4, -0.2) is 19.7 Å². The highest BCUT2D eigenvalue weighted by atomic mass is 15.3. The first-order valence-corrected chi connectivity index (χ1v) is 8.12. The molecule has 3 heterocycles. The number of nitrogens with zero attached hydrogens (tertiary/aromatic N) is 5. The number of hydrogen-bond acceptors (Lipinski definition) is 4. The number of benzene rings is 1. The molecule has 0 aliphatic carbocycles. The van der Waals surface area contributed by atoms with Crippen LogP contribution in [0.1, 0.15) is 30.7 Å². The van der Waals surface area contributed by atoms with Crippen LogP contribution in [0.15, 0.2) is 30.6 Å². The minimum atomic E-state index is 0.553. The average Bonchev–Trinajstić information content (AvgIpc) is 3.09. The van der Waals surface area contributed by atoms with E-state index in [-0.39, 0.29) is 0 Å². The summed E-state index contributed by atoms with van der Waals surface area (Å²) in [4.78, 5) is 11.4. The Bertz CT molecular complexity index is 840. The van der Waals surface area contributed by atoms with Gasteiger partial charge in [-0.15, -0.1) is 0 Å². The molecule has 5 heteroatoms. The zero-order valence-electron chi connectivity index (χ0n) is 13.8. The molecule has 0 fully saturated rings. The molecule has 4 rings (SSSR count). The summed E-state index contributed by atoms with van der Waals surface area (Å²) in [6.07, 6.45) is 2.60. The zero-order chi connectivity index (χ0) is 16.0. The van der Waals surface area contributed by atoms with Gasteiger partial charge in [-0.05, 0) is 23.5 Å². The van der Waals surface area contributed by atoms with Crippen LogP contribution < -0.4 is 4.90 Å². The van der Waals surface area contributed by atoms with E-state index in [9.17, 15) is 0 Å². The SMILES string of the molecule is CC(C)Cc1nn(C)c2ncnc(N3Cc4ccccc4C3)c12. The molecular weight excluding hydrogens is 286 g/mol. The third-order valence-corrected chi connectivity index (χ3v) is 4.41. The fourth-order valence-corrected chi connectivity index (χ4v) is 3.40. The monoisotopic (exact) mass is 307 g/mol. The van der Waals surface area contributed by atoms with Crippen LogP contribution in [0.2, 0.25) is 0 Å². The van der Waals surface area contributed by atoms with E-state index in [0.29, 0.717) is 5.92 Å². The second-order valence-corrected chi connectivity index (χ2v) is 6.69. The topological polar surface area (TPSA) is 46.8 Å². The van der Waals surface area contributed by atoms with E-state index in [1.165, 1.54) is 11.1 Å². The maximum atomic E-state index is 4.70. The first-order valence-electron chi connectivity index (χ1n) is 8.12. The number of fused-ring (bicyclic) bond motifs is 2. The molecule has 0 atom stereocenters. The summed E-state index contributed by atoms with van der Waals surface area (Å²) in [5, 5.41) is 5.81. The first kappa shape index (κ1) is 14.2. The second-order valence-electron chi connectivity index (χ2n) is 6.69. The van der Waals surface area contributed by atoms with Crippen molar-refractivity contribution in [3.05, 3.63) is 47.4 Å². The van der Waals surface area contributed by atoms with Crippen molar-refractivity contribution in [2.75, 3.05) is 4.90 Å². The van der Waals surface area contributed by atoms with Gasteiger partial charge in [-0.1, -0.05) is 38.1 Å². The average molecular weight is 307 g/mol. The van der Waals surface area contributed by atoms with E-state index >= 15 is 0 Å². The van der Waals surface area contributed by atoms with Gasteiger partial charge in [-0.25, -0.2) is 9.97 Å². The molecule has 0 bridgehead atoms. The van der Waals surface area contributed by atoms with Crippen LogP contribution in [-0.2, 0) is 26.6 Å². The zero-order valence-corrected chi connectivity index (χ0v) is 13.8. The van der Waals surface area contributed by atoms with E-state index in [1.807, 2.05) is 11.7 Å². The molecule has 0 saturated heterocycles. The summed E-state index contributed by atoms with van der Waals surface area (Å²) in [5.74, 6) is 1.56. The largest absolute Gasteiger partial charge is 0.347 e. The highest BCUT2D eigenvalue weighted by molar-refractivity contribution is 5.90. The molecule has 3 aromatic rings. The lowest BCUT2D eigenvalue weighted by Gasteiger charge is -2.17. The van der Waals surface area contributed by atoms with Crippen LogP contribution in [0.4, 0.5) is 5.82 Å². The summed E-state index contributed by atoms with van der Waals surface area (Å²) in [5.41, 5.74) is 4.78. The summed E-state index contributed by atoms with van der Waals surface area (Å²) >= 11 is 0. The Hall–Kier alpha value is -2.43. The van der Waals surface area contributed by atoms with E-state index in [2.05, 4.69) is 53.0 Å². The van der Waals surface area contributed by atoms with Crippen LogP contribution in [0, 0.1) is 5.92 Å². The Labute approximate surface area is 136 Å². The first-order chi connectivity index (χ1) is 11.1. The Morgan fingerprint density at radius 3 is 2.43 bits per heavy atom. The minimum absolute atomic E-state index is 0.553. The molecule has 0 saturated carbocycles. The normalized spacial score (nSPS) is 14.0. The van der Waals surface area contributed by atoms with Crippen molar-refractivity contribution in [1.29, 1.82) is 0 Å². The number of anilines is 1. The molecule has 0 amide bonds. The molecular formula is C18H21N5. The Balaban J connectivity index is 1.82. The Morgan fingerprint density at radius 2 is 1.78 bits per heavy atom. The molecule has 0 unspecified atom stereocenters. The fraction of sp³-hybridized carbons (Fsp3) is 0.389. The molecule has 0 N–H and O–H groups in total.